The molecule has 0 radical (unpaired) electrons. The second-order valence-electron chi connectivity index (χ2n) is 6.91. The number of para-hydroxylation sites is 1. The van der Waals surface area contributed by atoms with Crippen LogP contribution in [0.2, 0.25) is 0 Å². The quantitative estimate of drug-likeness (QED) is 0.308. The van der Waals surface area contributed by atoms with Crippen LogP contribution < -0.4 is 19.5 Å². The molecule has 0 saturated heterocycles. The van der Waals surface area contributed by atoms with Gasteiger partial charge < -0.3 is 19.5 Å². The molecule has 0 aliphatic carbocycles. The number of amides is 1. The first-order chi connectivity index (χ1) is 15.0. The zero-order valence-corrected chi connectivity index (χ0v) is 20.1. The summed E-state index contributed by atoms with van der Waals surface area (Å²) in [6.07, 6.45) is 0.896. The summed E-state index contributed by atoms with van der Waals surface area (Å²) < 4.78 is 18.3. The summed E-state index contributed by atoms with van der Waals surface area (Å²) in [5.74, 6) is 2.56. The Hall–Kier alpha value is -2.74. The third kappa shape index (κ3) is 6.13. The molecule has 31 heavy (non-hydrogen) atoms. The van der Waals surface area contributed by atoms with Gasteiger partial charge in [-0.3, -0.25) is 4.79 Å². The van der Waals surface area contributed by atoms with E-state index >= 15 is 0 Å². The van der Waals surface area contributed by atoms with Crippen LogP contribution in [0.5, 0.6) is 23.0 Å². The Kier molecular flexibility index (Phi) is 8.17. The van der Waals surface area contributed by atoms with E-state index in [2.05, 4.69) is 27.9 Å². The molecule has 0 bridgehead atoms. The van der Waals surface area contributed by atoms with E-state index in [-0.39, 0.29) is 5.91 Å². The molecule has 0 fully saturated rings. The largest absolute Gasteiger partial charge is 0.490 e. The van der Waals surface area contributed by atoms with Gasteiger partial charge in [0.2, 0.25) is 0 Å². The number of anilines is 1. The highest BCUT2D eigenvalue weighted by Crippen LogP contribution is 2.35. The molecule has 0 heterocycles. The van der Waals surface area contributed by atoms with Gasteiger partial charge in [0.1, 0.15) is 11.5 Å². The van der Waals surface area contributed by atoms with Gasteiger partial charge in [0, 0.05) is 11.3 Å². The molecule has 3 rings (SSSR count). The van der Waals surface area contributed by atoms with E-state index in [9.17, 15) is 4.79 Å². The van der Waals surface area contributed by atoms with Gasteiger partial charge in [0.15, 0.2) is 11.5 Å². The van der Waals surface area contributed by atoms with Crippen LogP contribution in [0.4, 0.5) is 5.69 Å². The van der Waals surface area contributed by atoms with Crippen LogP contribution in [0.1, 0.15) is 36.2 Å². The van der Waals surface area contributed by atoms with Crippen molar-refractivity contribution in [3.63, 3.8) is 0 Å². The first-order valence-electron chi connectivity index (χ1n) is 10.3. The van der Waals surface area contributed by atoms with Crippen LogP contribution in [0.25, 0.3) is 0 Å². The van der Waals surface area contributed by atoms with E-state index in [4.69, 9.17) is 14.2 Å². The molecule has 6 heteroatoms. The van der Waals surface area contributed by atoms with Crippen molar-refractivity contribution < 1.29 is 19.0 Å². The monoisotopic (exact) mass is 531 g/mol. The minimum Gasteiger partial charge on any atom is -0.490 e. The maximum absolute atomic E-state index is 12.8. The third-order valence-electron chi connectivity index (χ3n) is 4.46. The fourth-order valence-electron chi connectivity index (χ4n) is 2.91. The number of halogens is 1. The van der Waals surface area contributed by atoms with E-state index in [1.165, 1.54) is 0 Å². The number of rotatable bonds is 9. The molecule has 162 valence electrons. The number of benzene rings is 3. The number of nitrogens with one attached hydrogen (secondary N) is 1. The van der Waals surface area contributed by atoms with Gasteiger partial charge >= 0.3 is 0 Å². The fourth-order valence-corrected chi connectivity index (χ4v) is 3.67. The highest BCUT2D eigenvalue weighted by molar-refractivity contribution is 14.1. The molecule has 1 amide bonds. The maximum atomic E-state index is 12.8. The Morgan fingerprint density at radius 3 is 2.39 bits per heavy atom. The van der Waals surface area contributed by atoms with E-state index in [1.54, 1.807) is 12.1 Å². The number of hydrogen-bond donors (Lipinski definition) is 1. The Morgan fingerprint density at radius 2 is 1.71 bits per heavy atom. The van der Waals surface area contributed by atoms with Crippen LogP contribution in [0, 0.1) is 10.5 Å². The van der Waals surface area contributed by atoms with Gasteiger partial charge in [-0.2, -0.15) is 0 Å². The Labute approximate surface area is 196 Å². The lowest BCUT2D eigenvalue weighted by molar-refractivity contribution is 0.102. The summed E-state index contributed by atoms with van der Waals surface area (Å²) >= 11 is 2.17. The number of carbonyl (C=O) groups is 1. The Bertz CT molecular complexity index is 1030. The molecule has 0 spiro atoms. The van der Waals surface area contributed by atoms with Crippen molar-refractivity contribution in [2.24, 2.45) is 0 Å². The average molecular weight is 531 g/mol. The van der Waals surface area contributed by atoms with Crippen LogP contribution in [-0.2, 0) is 0 Å². The van der Waals surface area contributed by atoms with Crippen molar-refractivity contribution in [3.8, 4) is 23.0 Å². The van der Waals surface area contributed by atoms with Gasteiger partial charge in [0.25, 0.3) is 5.91 Å². The van der Waals surface area contributed by atoms with Crippen molar-refractivity contribution in [2.75, 3.05) is 18.5 Å². The van der Waals surface area contributed by atoms with Crippen LogP contribution in [-0.4, -0.2) is 19.1 Å². The lowest BCUT2D eigenvalue weighted by Gasteiger charge is -2.15. The molecule has 3 aromatic rings. The number of carbonyl (C=O) groups excluding carboxylic acids is 1. The molecule has 0 aromatic heterocycles. The van der Waals surface area contributed by atoms with Crippen LogP contribution in [0.15, 0.2) is 60.7 Å². The van der Waals surface area contributed by atoms with Crippen molar-refractivity contribution in [1.29, 1.82) is 0 Å². The smallest absolute Gasteiger partial charge is 0.255 e. The van der Waals surface area contributed by atoms with E-state index in [0.717, 1.165) is 21.3 Å². The zero-order valence-electron chi connectivity index (χ0n) is 17.9. The van der Waals surface area contributed by atoms with Crippen molar-refractivity contribution >= 4 is 34.2 Å². The highest BCUT2D eigenvalue weighted by atomic mass is 127. The molecule has 5 nitrogen and oxygen atoms in total. The molecule has 0 unspecified atom stereocenters. The number of aryl methyl sites for hydroxylation is 1. The fraction of sp³-hybridized carbons (Fsp3) is 0.240. The molecular formula is C25H26INO4. The lowest BCUT2D eigenvalue weighted by atomic mass is 10.1. The second-order valence-corrected chi connectivity index (χ2v) is 8.08. The average Bonchev–Trinajstić information content (AvgIpc) is 2.76. The van der Waals surface area contributed by atoms with E-state index in [1.807, 2.05) is 69.3 Å². The predicted molar refractivity (Wildman–Crippen MR) is 132 cm³/mol. The normalized spacial score (nSPS) is 10.5. The van der Waals surface area contributed by atoms with Gasteiger partial charge in [-0.1, -0.05) is 25.1 Å². The van der Waals surface area contributed by atoms with Crippen LogP contribution in [0.3, 0.4) is 0 Å². The number of ether oxygens (including phenoxy) is 3. The molecular weight excluding hydrogens is 505 g/mol. The molecule has 0 atom stereocenters. The first-order valence-corrected chi connectivity index (χ1v) is 11.3. The summed E-state index contributed by atoms with van der Waals surface area (Å²) in [5, 5.41) is 2.93. The minimum atomic E-state index is -0.214. The second kappa shape index (κ2) is 11.0. The van der Waals surface area contributed by atoms with Gasteiger partial charge in [-0.25, -0.2) is 0 Å². The van der Waals surface area contributed by atoms with E-state index < -0.39 is 0 Å². The number of hydrogen-bond acceptors (Lipinski definition) is 4. The topological polar surface area (TPSA) is 56.8 Å². The summed E-state index contributed by atoms with van der Waals surface area (Å²) in [7, 11) is 0. The molecule has 1 N–H and O–H groups in total. The summed E-state index contributed by atoms with van der Waals surface area (Å²) in [6, 6.07) is 18.7. The molecule has 0 saturated carbocycles. The Morgan fingerprint density at radius 1 is 0.968 bits per heavy atom. The van der Waals surface area contributed by atoms with Gasteiger partial charge in [-0.15, -0.1) is 0 Å². The predicted octanol–water partition coefficient (Wildman–Crippen LogP) is 6.83. The van der Waals surface area contributed by atoms with Crippen molar-refractivity contribution in [2.45, 2.75) is 27.2 Å². The minimum absolute atomic E-state index is 0.214. The lowest BCUT2D eigenvalue weighted by Crippen LogP contribution is -2.13. The summed E-state index contributed by atoms with van der Waals surface area (Å²) in [5.41, 5.74) is 2.25. The molecule has 3 aromatic carbocycles. The molecule has 0 aliphatic rings. The van der Waals surface area contributed by atoms with Gasteiger partial charge in [-0.05, 0) is 90.9 Å². The summed E-state index contributed by atoms with van der Waals surface area (Å²) in [4.78, 5) is 12.8. The standard InChI is InChI=1S/C25H26INO4/c1-4-14-30-24-21(26)15-18(16-23(24)29-5-2)25(28)27-19-10-12-20(13-11-19)31-22-9-7-6-8-17(22)3/h6-13,15-16H,4-5,14H2,1-3H3,(H,27,28). The van der Waals surface area contributed by atoms with E-state index in [0.29, 0.717) is 41.7 Å². The van der Waals surface area contributed by atoms with Gasteiger partial charge in [0.05, 0.1) is 16.8 Å². The summed E-state index contributed by atoms with van der Waals surface area (Å²) in [6.45, 7) is 7.04. The Balaban J connectivity index is 1.72. The molecule has 0 aliphatic heterocycles. The zero-order chi connectivity index (χ0) is 22.2. The maximum Gasteiger partial charge on any atom is 0.255 e. The van der Waals surface area contributed by atoms with Crippen molar-refractivity contribution in [3.05, 3.63) is 75.4 Å². The highest BCUT2D eigenvalue weighted by Gasteiger charge is 2.16. The first kappa shape index (κ1) is 22.9. The SMILES string of the molecule is CCCOc1c(I)cc(C(=O)Nc2ccc(Oc3ccccc3C)cc2)cc1OCC. The third-order valence-corrected chi connectivity index (χ3v) is 5.26. The van der Waals surface area contributed by atoms with Crippen LogP contribution >= 0.6 is 22.6 Å². The van der Waals surface area contributed by atoms with Crippen molar-refractivity contribution in [1.82, 2.24) is 0 Å².